The van der Waals surface area contributed by atoms with Gasteiger partial charge in [0.05, 0.1) is 4.90 Å². The van der Waals surface area contributed by atoms with Crippen LogP contribution in [-0.2, 0) is 10.0 Å². The SMILES string of the molecule is O=S(=O)(Nc1ccccc1)c1ccc2c(O)cccc2c1. The Morgan fingerprint density at radius 2 is 1.62 bits per heavy atom. The van der Waals surface area contributed by atoms with Gasteiger partial charge in [0, 0.05) is 11.1 Å². The van der Waals surface area contributed by atoms with Gasteiger partial charge in [0.1, 0.15) is 5.75 Å². The molecule has 0 radical (unpaired) electrons. The van der Waals surface area contributed by atoms with Gasteiger partial charge in [0.25, 0.3) is 10.0 Å². The van der Waals surface area contributed by atoms with Crippen LogP contribution in [-0.4, -0.2) is 13.5 Å². The molecular formula is C16H13NO3S. The molecule has 0 aliphatic rings. The Hall–Kier alpha value is -2.53. The number of aromatic hydroxyl groups is 1. The minimum Gasteiger partial charge on any atom is -0.507 e. The van der Waals surface area contributed by atoms with Gasteiger partial charge in [-0.05, 0) is 41.8 Å². The second-order valence-corrected chi connectivity index (χ2v) is 6.31. The van der Waals surface area contributed by atoms with E-state index in [2.05, 4.69) is 4.72 Å². The van der Waals surface area contributed by atoms with Crippen LogP contribution >= 0.6 is 0 Å². The van der Waals surface area contributed by atoms with Gasteiger partial charge in [-0.1, -0.05) is 30.3 Å². The van der Waals surface area contributed by atoms with E-state index in [1.165, 1.54) is 6.07 Å². The molecule has 0 bridgehead atoms. The van der Waals surface area contributed by atoms with Crippen molar-refractivity contribution in [2.24, 2.45) is 0 Å². The number of nitrogens with one attached hydrogen (secondary N) is 1. The third-order valence-corrected chi connectivity index (χ3v) is 4.54. The fourth-order valence-electron chi connectivity index (χ4n) is 2.13. The lowest BCUT2D eigenvalue weighted by Crippen LogP contribution is -2.12. The molecule has 0 aliphatic carbocycles. The quantitative estimate of drug-likeness (QED) is 0.779. The molecule has 0 saturated carbocycles. The normalized spacial score (nSPS) is 11.4. The van der Waals surface area contributed by atoms with Crippen molar-refractivity contribution in [1.29, 1.82) is 0 Å². The molecule has 3 aromatic rings. The smallest absolute Gasteiger partial charge is 0.261 e. The highest BCUT2D eigenvalue weighted by molar-refractivity contribution is 7.92. The maximum Gasteiger partial charge on any atom is 0.261 e. The van der Waals surface area contributed by atoms with Crippen LogP contribution in [0.5, 0.6) is 5.75 Å². The second-order valence-electron chi connectivity index (χ2n) is 4.63. The van der Waals surface area contributed by atoms with Crippen molar-refractivity contribution in [3.8, 4) is 5.75 Å². The Morgan fingerprint density at radius 3 is 2.38 bits per heavy atom. The van der Waals surface area contributed by atoms with E-state index in [0.717, 1.165) is 0 Å². The summed E-state index contributed by atoms with van der Waals surface area (Å²) in [5, 5.41) is 11.0. The van der Waals surface area contributed by atoms with Crippen molar-refractivity contribution in [3.05, 3.63) is 66.7 Å². The highest BCUT2D eigenvalue weighted by Crippen LogP contribution is 2.27. The summed E-state index contributed by atoms with van der Waals surface area (Å²) in [6.07, 6.45) is 0. The van der Waals surface area contributed by atoms with Crippen LogP contribution in [0.3, 0.4) is 0 Å². The van der Waals surface area contributed by atoms with Crippen molar-refractivity contribution in [3.63, 3.8) is 0 Å². The van der Waals surface area contributed by atoms with E-state index in [-0.39, 0.29) is 10.6 Å². The van der Waals surface area contributed by atoms with Gasteiger partial charge in [-0.25, -0.2) is 8.42 Å². The molecule has 0 saturated heterocycles. The van der Waals surface area contributed by atoms with Crippen LogP contribution in [0.15, 0.2) is 71.6 Å². The Morgan fingerprint density at radius 1 is 0.857 bits per heavy atom. The number of sulfonamides is 1. The lowest BCUT2D eigenvalue weighted by atomic mass is 10.1. The zero-order chi connectivity index (χ0) is 14.9. The molecule has 106 valence electrons. The van der Waals surface area contributed by atoms with Crippen molar-refractivity contribution >= 4 is 26.5 Å². The number of hydrogen-bond acceptors (Lipinski definition) is 3. The fourth-order valence-corrected chi connectivity index (χ4v) is 3.23. The Balaban J connectivity index is 2.03. The highest BCUT2D eigenvalue weighted by Gasteiger charge is 2.15. The number of phenols is 1. The molecule has 0 atom stereocenters. The number of para-hydroxylation sites is 1. The Kier molecular flexibility index (Phi) is 3.27. The van der Waals surface area contributed by atoms with Crippen molar-refractivity contribution in [2.75, 3.05) is 4.72 Å². The summed E-state index contributed by atoms with van der Waals surface area (Å²) in [7, 11) is -3.65. The number of fused-ring (bicyclic) bond motifs is 1. The summed E-state index contributed by atoms with van der Waals surface area (Å²) >= 11 is 0. The predicted octanol–water partition coefficient (Wildman–Crippen LogP) is 3.35. The number of phenolic OH excluding ortho intramolecular Hbond substituents is 1. The van der Waals surface area contributed by atoms with E-state index in [1.54, 1.807) is 54.6 Å². The summed E-state index contributed by atoms with van der Waals surface area (Å²) in [5.41, 5.74) is 0.508. The summed E-state index contributed by atoms with van der Waals surface area (Å²) in [6.45, 7) is 0. The fraction of sp³-hybridized carbons (Fsp3) is 0. The Labute approximate surface area is 122 Å². The number of anilines is 1. The van der Waals surface area contributed by atoms with Gasteiger partial charge in [-0.2, -0.15) is 0 Å². The van der Waals surface area contributed by atoms with Gasteiger partial charge >= 0.3 is 0 Å². The zero-order valence-corrected chi connectivity index (χ0v) is 11.8. The molecule has 0 unspecified atom stereocenters. The van der Waals surface area contributed by atoms with E-state index < -0.39 is 10.0 Å². The van der Waals surface area contributed by atoms with Crippen LogP contribution in [0.1, 0.15) is 0 Å². The molecule has 21 heavy (non-hydrogen) atoms. The maximum absolute atomic E-state index is 12.4. The van der Waals surface area contributed by atoms with E-state index in [4.69, 9.17) is 0 Å². The van der Waals surface area contributed by atoms with Crippen molar-refractivity contribution in [2.45, 2.75) is 4.90 Å². The first-order chi connectivity index (χ1) is 10.1. The Bertz CT molecular complexity index is 890. The second kappa shape index (κ2) is 5.10. The van der Waals surface area contributed by atoms with Crippen LogP contribution in [0, 0.1) is 0 Å². The van der Waals surface area contributed by atoms with E-state index >= 15 is 0 Å². The number of rotatable bonds is 3. The molecule has 5 heteroatoms. The first kappa shape index (κ1) is 13.5. The third-order valence-electron chi connectivity index (χ3n) is 3.17. The monoisotopic (exact) mass is 299 g/mol. The van der Waals surface area contributed by atoms with Gasteiger partial charge in [-0.15, -0.1) is 0 Å². The molecule has 0 aromatic heterocycles. The maximum atomic E-state index is 12.4. The van der Waals surface area contributed by atoms with Gasteiger partial charge in [-0.3, -0.25) is 4.72 Å². The van der Waals surface area contributed by atoms with Gasteiger partial charge in [0.15, 0.2) is 0 Å². The summed E-state index contributed by atoms with van der Waals surface area (Å²) < 4.78 is 27.2. The molecule has 0 amide bonds. The number of hydrogen-bond donors (Lipinski definition) is 2. The van der Waals surface area contributed by atoms with Gasteiger partial charge < -0.3 is 5.11 Å². The summed E-state index contributed by atoms with van der Waals surface area (Å²) in [5.74, 6) is 0.132. The van der Waals surface area contributed by atoms with E-state index in [1.807, 2.05) is 6.07 Å². The first-order valence-corrected chi connectivity index (χ1v) is 7.84. The standard InChI is InChI=1S/C16H13NO3S/c18-16-8-4-5-12-11-14(9-10-15(12)16)21(19,20)17-13-6-2-1-3-7-13/h1-11,17-18H. The zero-order valence-electron chi connectivity index (χ0n) is 11.0. The molecule has 0 spiro atoms. The van der Waals surface area contributed by atoms with Crippen molar-refractivity contribution in [1.82, 2.24) is 0 Å². The lowest BCUT2D eigenvalue weighted by molar-refractivity contribution is 0.481. The van der Waals surface area contributed by atoms with Gasteiger partial charge in [0.2, 0.25) is 0 Å². The predicted molar refractivity (Wildman–Crippen MR) is 82.9 cm³/mol. The molecule has 0 aliphatic heterocycles. The molecule has 4 nitrogen and oxygen atoms in total. The highest BCUT2D eigenvalue weighted by atomic mass is 32.2. The minimum absolute atomic E-state index is 0.132. The van der Waals surface area contributed by atoms with Crippen LogP contribution in [0.2, 0.25) is 0 Å². The average Bonchev–Trinajstić information content (AvgIpc) is 2.48. The topological polar surface area (TPSA) is 66.4 Å². The minimum atomic E-state index is -3.65. The van der Waals surface area contributed by atoms with Crippen LogP contribution < -0.4 is 4.72 Å². The lowest BCUT2D eigenvalue weighted by Gasteiger charge is -2.09. The summed E-state index contributed by atoms with van der Waals surface area (Å²) in [6, 6.07) is 18.3. The average molecular weight is 299 g/mol. The molecule has 2 N–H and O–H groups in total. The van der Waals surface area contributed by atoms with Crippen LogP contribution in [0.25, 0.3) is 10.8 Å². The largest absolute Gasteiger partial charge is 0.507 e. The molecule has 0 fully saturated rings. The van der Waals surface area contributed by atoms with E-state index in [0.29, 0.717) is 16.5 Å². The molecule has 0 heterocycles. The molecular weight excluding hydrogens is 286 g/mol. The molecule has 3 aromatic carbocycles. The third kappa shape index (κ3) is 2.68. The molecule has 3 rings (SSSR count). The van der Waals surface area contributed by atoms with Crippen LogP contribution in [0.4, 0.5) is 5.69 Å². The summed E-state index contributed by atoms with van der Waals surface area (Å²) in [4.78, 5) is 0.157. The number of benzene rings is 3. The first-order valence-electron chi connectivity index (χ1n) is 6.36. The van der Waals surface area contributed by atoms with E-state index in [9.17, 15) is 13.5 Å². The van der Waals surface area contributed by atoms with Crippen molar-refractivity contribution < 1.29 is 13.5 Å².